The third-order valence-electron chi connectivity index (χ3n) is 2.92. The van der Waals surface area contributed by atoms with Crippen molar-refractivity contribution in [2.75, 3.05) is 7.11 Å². The van der Waals surface area contributed by atoms with Crippen LogP contribution in [0.15, 0.2) is 66.6 Å². The Balaban J connectivity index is 0.00000264. The summed E-state index contributed by atoms with van der Waals surface area (Å²) >= 11 is 0. The summed E-state index contributed by atoms with van der Waals surface area (Å²) in [6.07, 6.45) is -0.476. The fourth-order valence-electron chi connectivity index (χ4n) is 1.95. The van der Waals surface area contributed by atoms with Gasteiger partial charge in [-0.2, -0.15) is 0 Å². The van der Waals surface area contributed by atoms with E-state index in [0.29, 0.717) is 23.3 Å². The summed E-state index contributed by atoms with van der Waals surface area (Å²) in [5.74, 6) is 0.349. The summed E-state index contributed by atoms with van der Waals surface area (Å²) in [6, 6.07) is 15.6. The minimum absolute atomic E-state index is 0. The zero-order valence-corrected chi connectivity index (χ0v) is 11.9. The Labute approximate surface area is 155 Å². The number of para-hydroxylation sites is 2. The van der Waals surface area contributed by atoms with Crippen molar-refractivity contribution in [3.05, 3.63) is 82.2 Å². The zero-order chi connectivity index (χ0) is 15.9. The van der Waals surface area contributed by atoms with Gasteiger partial charge < -0.3 is 14.6 Å². The first kappa shape index (κ1) is 19.0. The Hall–Kier alpha value is -2.02. The molecule has 0 amide bonds. The number of nitro groups is 1. The van der Waals surface area contributed by atoms with Gasteiger partial charge in [0.2, 0.25) is 5.76 Å². The van der Waals surface area contributed by atoms with Gasteiger partial charge in [0.05, 0.1) is 12.0 Å². The summed E-state index contributed by atoms with van der Waals surface area (Å²) in [6.45, 7) is 0. The van der Waals surface area contributed by atoms with E-state index in [4.69, 9.17) is 9.47 Å². The Bertz CT molecular complexity index is 675. The normalized spacial score (nSPS) is 12.0. The Morgan fingerprint density at radius 1 is 1.13 bits per heavy atom. The molecule has 2 aromatic carbocycles. The molecule has 2 aromatic rings. The molecule has 0 saturated heterocycles. The van der Waals surface area contributed by atoms with Crippen molar-refractivity contribution >= 4 is 29.6 Å². The van der Waals surface area contributed by atoms with Gasteiger partial charge in [-0.3, -0.25) is 10.1 Å². The predicted octanol–water partition coefficient (Wildman–Crippen LogP) is 2.84. The molecule has 0 aromatic heterocycles. The Morgan fingerprint density at radius 2 is 1.70 bits per heavy atom. The van der Waals surface area contributed by atoms with E-state index in [0.717, 1.165) is 0 Å². The molecule has 0 fully saturated rings. The minimum atomic E-state index is -0.997. The Morgan fingerprint density at radius 3 is 2.26 bits per heavy atom. The molecule has 0 heterocycles. The topological polar surface area (TPSA) is 81.8 Å². The van der Waals surface area contributed by atoms with Crippen LogP contribution in [-0.2, 0) is 0 Å². The fourth-order valence-corrected chi connectivity index (χ4v) is 1.95. The molecule has 116 valence electrons. The van der Waals surface area contributed by atoms with E-state index in [9.17, 15) is 15.2 Å². The molecule has 0 radical (unpaired) electrons. The molecule has 0 aliphatic heterocycles. The van der Waals surface area contributed by atoms with E-state index in [1.165, 1.54) is 7.11 Å². The number of rotatable bonds is 6. The van der Waals surface area contributed by atoms with Gasteiger partial charge in [-0.15, -0.1) is 0 Å². The van der Waals surface area contributed by atoms with E-state index in [1.54, 1.807) is 54.6 Å². The third kappa shape index (κ3) is 5.28. The SMILES string of the molecule is COc1ccccc1OC(/C(O)=C\[N+](=O)[O-])c1ccccc1.[NaH]. The number of aliphatic hydroxyl groups is 1. The van der Waals surface area contributed by atoms with Crippen LogP contribution in [0.5, 0.6) is 11.5 Å². The van der Waals surface area contributed by atoms with Crippen LogP contribution in [0.2, 0.25) is 0 Å². The van der Waals surface area contributed by atoms with Crippen molar-refractivity contribution in [2.24, 2.45) is 0 Å². The summed E-state index contributed by atoms with van der Waals surface area (Å²) in [4.78, 5) is 9.88. The average Bonchev–Trinajstić information content (AvgIpc) is 2.53. The Kier molecular flexibility index (Phi) is 7.61. The van der Waals surface area contributed by atoms with Crippen molar-refractivity contribution in [2.45, 2.75) is 6.10 Å². The predicted molar refractivity (Wildman–Crippen MR) is 87.7 cm³/mol. The molecule has 0 bridgehead atoms. The monoisotopic (exact) mass is 325 g/mol. The second kappa shape index (κ2) is 9.19. The maximum atomic E-state index is 10.6. The fraction of sp³-hybridized carbons (Fsp3) is 0.125. The first-order valence-corrected chi connectivity index (χ1v) is 6.50. The van der Waals surface area contributed by atoms with E-state index in [1.807, 2.05) is 0 Å². The van der Waals surface area contributed by atoms with Gasteiger partial charge in [0.15, 0.2) is 17.6 Å². The van der Waals surface area contributed by atoms with Crippen molar-refractivity contribution < 1.29 is 19.5 Å². The first-order chi connectivity index (χ1) is 10.6. The molecule has 2 rings (SSSR count). The van der Waals surface area contributed by atoms with Gasteiger partial charge in [-0.05, 0) is 12.1 Å². The number of hydrogen-bond acceptors (Lipinski definition) is 5. The first-order valence-electron chi connectivity index (χ1n) is 6.50. The number of nitrogens with zero attached hydrogens (tertiary/aromatic N) is 1. The van der Waals surface area contributed by atoms with Gasteiger partial charge in [0, 0.05) is 5.56 Å². The molecule has 0 aliphatic carbocycles. The molecule has 1 unspecified atom stereocenters. The summed E-state index contributed by atoms with van der Waals surface area (Å²) in [7, 11) is 1.49. The maximum absolute atomic E-state index is 10.6. The summed E-state index contributed by atoms with van der Waals surface area (Å²) in [5, 5.41) is 20.6. The molecule has 1 N–H and O–H groups in total. The van der Waals surface area contributed by atoms with Crippen LogP contribution in [-0.4, -0.2) is 46.7 Å². The molecule has 6 nitrogen and oxygen atoms in total. The van der Waals surface area contributed by atoms with Crippen LogP contribution in [0.4, 0.5) is 0 Å². The van der Waals surface area contributed by atoms with Crippen LogP contribution in [0.3, 0.4) is 0 Å². The molecule has 0 saturated carbocycles. The zero-order valence-electron chi connectivity index (χ0n) is 11.9. The van der Waals surface area contributed by atoms with E-state index in [2.05, 4.69) is 0 Å². The number of methoxy groups -OCH3 is 1. The van der Waals surface area contributed by atoms with E-state index >= 15 is 0 Å². The molecule has 7 heteroatoms. The number of hydrogen-bond donors (Lipinski definition) is 1. The molecular formula is C16H16NNaO5. The summed E-state index contributed by atoms with van der Waals surface area (Å²) < 4.78 is 10.9. The molecule has 1 atom stereocenters. The van der Waals surface area contributed by atoms with Crippen LogP contribution in [0.25, 0.3) is 0 Å². The third-order valence-corrected chi connectivity index (χ3v) is 2.92. The van der Waals surface area contributed by atoms with E-state index in [-0.39, 0.29) is 29.6 Å². The van der Waals surface area contributed by atoms with Crippen LogP contribution < -0.4 is 9.47 Å². The number of aliphatic hydroxyl groups excluding tert-OH is 1. The van der Waals surface area contributed by atoms with Crippen LogP contribution in [0.1, 0.15) is 11.7 Å². The van der Waals surface area contributed by atoms with Crippen molar-refractivity contribution in [1.82, 2.24) is 0 Å². The molecular weight excluding hydrogens is 309 g/mol. The van der Waals surface area contributed by atoms with Gasteiger partial charge in [-0.1, -0.05) is 42.5 Å². The number of benzene rings is 2. The van der Waals surface area contributed by atoms with Gasteiger partial charge in [-0.25, -0.2) is 0 Å². The average molecular weight is 325 g/mol. The molecule has 0 aliphatic rings. The van der Waals surface area contributed by atoms with Gasteiger partial charge in [0.25, 0.3) is 6.20 Å². The van der Waals surface area contributed by atoms with E-state index < -0.39 is 16.8 Å². The second-order valence-corrected chi connectivity index (χ2v) is 4.40. The van der Waals surface area contributed by atoms with Crippen molar-refractivity contribution in [3.8, 4) is 11.5 Å². The van der Waals surface area contributed by atoms with Crippen LogP contribution in [0, 0.1) is 10.1 Å². The second-order valence-electron chi connectivity index (χ2n) is 4.40. The summed E-state index contributed by atoms with van der Waals surface area (Å²) in [5.41, 5.74) is 0.587. The molecule has 0 spiro atoms. The molecule has 23 heavy (non-hydrogen) atoms. The quantitative estimate of drug-likeness (QED) is 0.382. The van der Waals surface area contributed by atoms with Gasteiger partial charge in [0.1, 0.15) is 0 Å². The van der Waals surface area contributed by atoms with Gasteiger partial charge >= 0.3 is 29.6 Å². The van der Waals surface area contributed by atoms with Crippen molar-refractivity contribution in [1.29, 1.82) is 0 Å². The van der Waals surface area contributed by atoms with Crippen LogP contribution >= 0.6 is 0 Å². The van der Waals surface area contributed by atoms with Crippen molar-refractivity contribution in [3.63, 3.8) is 0 Å². The standard InChI is InChI=1S/C16H15NO5.Na.H/c1-21-14-9-5-6-10-15(14)22-16(13(18)11-17(19)20)12-7-3-2-4-8-12;;/h2-11,16,18H,1H3;;/b13-11+;;. The number of ether oxygens (including phenoxy) is 2.